The van der Waals surface area contributed by atoms with Gasteiger partial charge in [-0.25, -0.2) is 0 Å². The molecular weight excluding hydrogens is 212 g/mol. The summed E-state index contributed by atoms with van der Waals surface area (Å²) < 4.78 is 0. The number of amides is 1. The predicted molar refractivity (Wildman–Crippen MR) is 65.4 cm³/mol. The summed E-state index contributed by atoms with van der Waals surface area (Å²) in [7, 11) is 0. The van der Waals surface area contributed by atoms with Gasteiger partial charge in [-0.05, 0) is 30.5 Å². The van der Waals surface area contributed by atoms with Crippen molar-refractivity contribution >= 4 is 5.91 Å². The molecule has 0 spiro atoms. The molecule has 0 bridgehead atoms. The van der Waals surface area contributed by atoms with Crippen LogP contribution >= 0.6 is 0 Å². The van der Waals surface area contributed by atoms with Crippen LogP contribution in [0.5, 0.6) is 0 Å². The van der Waals surface area contributed by atoms with Crippen molar-refractivity contribution in [3.8, 4) is 6.07 Å². The molecule has 1 amide bonds. The van der Waals surface area contributed by atoms with Crippen LogP contribution < -0.4 is 5.32 Å². The van der Waals surface area contributed by atoms with Crippen molar-refractivity contribution in [1.82, 2.24) is 5.32 Å². The summed E-state index contributed by atoms with van der Waals surface area (Å²) in [6.07, 6.45) is 5.02. The fraction of sp³-hybridized carbons (Fsp3) is 0.429. The van der Waals surface area contributed by atoms with E-state index in [9.17, 15) is 4.79 Å². The molecule has 0 unspecified atom stereocenters. The molecule has 1 aliphatic rings. The van der Waals surface area contributed by atoms with E-state index >= 15 is 0 Å². The topological polar surface area (TPSA) is 52.9 Å². The normalized spacial score (nSPS) is 14.8. The summed E-state index contributed by atoms with van der Waals surface area (Å²) in [4.78, 5) is 11.8. The third-order valence-electron chi connectivity index (χ3n) is 3.32. The lowest BCUT2D eigenvalue weighted by Crippen LogP contribution is -2.27. The van der Waals surface area contributed by atoms with Gasteiger partial charge >= 0.3 is 0 Å². The van der Waals surface area contributed by atoms with Crippen molar-refractivity contribution < 1.29 is 4.79 Å². The van der Waals surface area contributed by atoms with Crippen LogP contribution in [0.15, 0.2) is 24.3 Å². The molecule has 0 heterocycles. The lowest BCUT2D eigenvalue weighted by atomic mass is 9.83. The predicted octanol–water partition coefficient (Wildman–Crippen LogP) is 2.48. The second kappa shape index (κ2) is 5.49. The molecule has 17 heavy (non-hydrogen) atoms. The van der Waals surface area contributed by atoms with Gasteiger partial charge in [0.25, 0.3) is 5.91 Å². The first-order valence-electron chi connectivity index (χ1n) is 6.08. The van der Waals surface area contributed by atoms with Crippen molar-refractivity contribution in [1.29, 1.82) is 5.26 Å². The van der Waals surface area contributed by atoms with Gasteiger partial charge in [0, 0.05) is 12.1 Å². The van der Waals surface area contributed by atoms with Crippen molar-refractivity contribution in [2.45, 2.75) is 25.7 Å². The summed E-state index contributed by atoms with van der Waals surface area (Å²) in [5, 5.41) is 11.7. The zero-order valence-electron chi connectivity index (χ0n) is 9.78. The Kier molecular flexibility index (Phi) is 3.77. The Bertz CT molecular complexity index is 444. The molecule has 2 rings (SSSR count). The minimum Gasteiger partial charge on any atom is -0.352 e. The van der Waals surface area contributed by atoms with Gasteiger partial charge in [0.15, 0.2) is 0 Å². The molecule has 0 aromatic heterocycles. The Morgan fingerprint density at radius 1 is 1.47 bits per heavy atom. The minimum atomic E-state index is -0.0820. The van der Waals surface area contributed by atoms with Crippen molar-refractivity contribution in [3.05, 3.63) is 35.4 Å². The van der Waals surface area contributed by atoms with E-state index < -0.39 is 0 Å². The number of carbonyl (C=O) groups is 1. The maximum Gasteiger partial charge on any atom is 0.251 e. The molecule has 0 saturated heterocycles. The van der Waals surface area contributed by atoms with E-state index in [0.29, 0.717) is 11.1 Å². The molecule has 0 atom stereocenters. The first-order chi connectivity index (χ1) is 8.29. The molecule has 0 radical (unpaired) electrons. The van der Waals surface area contributed by atoms with E-state index in [1.54, 1.807) is 24.3 Å². The second-order valence-corrected chi connectivity index (χ2v) is 4.53. The lowest BCUT2D eigenvalue weighted by molar-refractivity contribution is 0.0949. The van der Waals surface area contributed by atoms with E-state index in [0.717, 1.165) is 18.9 Å². The number of hydrogen-bond donors (Lipinski definition) is 1. The Hall–Kier alpha value is -1.82. The molecule has 3 nitrogen and oxygen atoms in total. The zero-order chi connectivity index (χ0) is 12.1. The van der Waals surface area contributed by atoms with Gasteiger partial charge < -0.3 is 5.32 Å². The first-order valence-corrected chi connectivity index (χ1v) is 6.08. The SMILES string of the molecule is N#Cc1cccc(C(=O)NCCC2CCC2)c1. The molecule has 3 heteroatoms. The van der Waals surface area contributed by atoms with E-state index in [2.05, 4.69) is 5.32 Å². The van der Waals surface area contributed by atoms with Crippen LogP contribution in [0.4, 0.5) is 0 Å². The molecule has 1 fully saturated rings. The standard InChI is InChI=1S/C14H16N2O/c15-10-12-5-2-6-13(9-12)14(17)16-8-7-11-3-1-4-11/h2,5-6,9,11H,1,3-4,7-8H2,(H,16,17). The average molecular weight is 228 g/mol. The van der Waals surface area contributed by atoms with Crippen molar-refractivity contribution in [3.63, 3.8) is 0 Å². The molecule has 1 aromatic carbocycles. The summed E-state index contributed by atoms with van der Waals surface area (Å²) in [6.45, 7) is 0.736. The quantitative estimate of drug-likeness (QED) is 0.860. The highest BCUT2D eigenvalue weighted by atomic mass is 16.1. The van der Waals surface area contributed by atoms with E-state index in [-0.39, 0.29) is 5.91 Å². The number of carbonyl (C=O) groups excluding carboxylic acids is 1. The number of rotatable bonds is 4. The van der Waals surface area contributed by atoms with Gasteiger partial charge in [0.05, 0.1) is 11.6 Å². The third-order valence-corrected chi connectivity index (χ3v) is 3.32. The van der Waals surface area contributed by atoms with Gasteiger partial charge in [-0.2, -0.15) is 5.26 Å². The van der Waals surface area contributed by atoms with E-state index in [4.69, 9.17) is 5.26 Å². The van der Waals surface area contributed by atoms with Gasteiger partial charge in [-0.1, -0.05) is 25.3 Å². The minimum absolute atomic E-state index is 0.0820. The van der Waals surface area contributed by atoms with E-state index in [1.807, 2.05) is 6.07 Å². The smallest absolute Gasteiger partial charge is 0.251 e. The maximum atomic E-state index is 11.8. The molecule has 1 saturated carbocycles. The number of hydrogen-bond acceptors (Lipinski definition) is 2. The van der Waals surface area contributed by atoms with Gasteiger partial charge in [-0.15, -0.1) is 0 Å². The second-order valence-electron chi connectivity index (χ2n) is 4.53. The highest BCUT2D eigenvalue weighted by Crippen LogP contribution is 2.28. The molecule has 1 aromatic rings. The third kappa shape index (κ3) is 3.07. The number of nitrogens with one attached hydrogen (secondary N) is 1. The van der Waals surface area contributed by atoms with Crippen LogP contribution in [0.2, 0.25) is 0 Å². The van der Waals surface area contributed by atoms with Crippen LogP contribution in [-0.4, -0.2) is 12.5 Å². The Morgan fingerprint density at radius 3 is 2.94 bits per heavy atom. The average Bonchev–Trinajstić information content (AvgIpc) is 2.32. The molecule has 88 valence electrons. The molecule has 0 aliphatic heterocycles. The fourth-order valence-electron chi connectivity index (χ4n) is 2.00. The van der Waals surface area contributed by atoms with Crippen LogP contribution in [0.25, 0.3) is 0 Å². The summed E-state index contributed by atoms with van der Waals surface area (Å²) in [5.74, 6) is 0.724. The Labute approximate surface area is 101 Å². The lowest BCUT2D eigenvalue weighted by Gasteiger charge is -2.25. The Morgan fingerprint density at radius 2 is 2.29 bits per heavy atom. The van der Waals surface area contributed by atoms with Crippen LogP contribution in [-0.2, 0) is 0 Å². The summed E-state index contributed by atoms with van der Waals surface area (Å²) >= 11 is 0. The largest absolute Gasteiger partial charge is 0.352 e. The van der Waals surface area contributed by atoms with Crippen LogP contribution in [0.3, 0.4) is 0 Å². The molecule has 1 aliphatic carbocycles. The van der Waals surface area contributed by atoms with Crippen LogP contribution in [0.1, 0.15) is 41.6 Å². The van der Waals surface area contributed by atoms with Crippen LogP contribution in [0, 0.1) is 17.2 Å². The zero-order valence-corrected chi connectivity index (χ0v) is 9.78. The number of nitriles is 1. The van der Waals surface area contributed by atoms with Gasteiger partial charge in [-0.3, -0.25) is 4.79 Å². The maximum absolute atomic E-state index is 11.8. The summed E-state index contributed by atoms with van der Waals surface area (Å²) in [5.41, 5.74) is 1.09. The molecular formula is C14H16N2O. The Balaban J connectivity index is 1.83. The monoisotopic (exact) mass is 228 g/mol. The van der Waals surface area contributed by atoms with Crippen molar-refractivity contribution in [2.75, 3.05) is 6.54 Å². The fourth-order valence-corrected chi connectivity index (χ4v) is 2.00. The van der Waals surface area contributed by atoms with E-state index in [1.165, 1.54) is 19.3 Å². The number of benzene rings is 1. The number of nitrogens with zero attached hydrogens (tertiary/aromatic N) is 1. The highest BCUT2D eigenvalue weighted by molar-refractivity contribution is 5.94. The van der Waals surface area contributed by atoms with Crippen molar-refractivity contribution in [2.24, 2.45) is 5.92 Å². The van der Waals surface area contributed by atoms with Gasteiger partial charge in [0.1, 0.15) is 0 Å². The summed E-state index contributed by atoms with van der Waals surface area (Å²) in [6, 6.07) is 8.83. The molecule has 1 N–H and O–H groups in total. The highest BCUT2D eigenvalue weighted by Gasteiger charge is 2.17. The van der Waals surface area contributed by atoms with Gasteiger partial charge in [0.2, 0.25) is 0 Å². The first kappa shape index (κ1) is 11.7.